The first-order valence-electron chi connectivity index (χ1n) is 10.6. The summed E-state index contributed by atoms with van der Waals surface area (Å²) >= 11 is 9.59. The summed E-state index contributed by atoms with van der Waals surface area (Å²) in [4.78, 5) is 30.0. The van der Waals surface area contributed by atoms with Crippen molar-refractivity contribution < 1.29 is 14.3 Å². The Labute approximate surface area is 205 Å². The molecule has 0 aliphatic heterocycles. The highest BCUT2D eigenvalue weighted by molar-refractivity contribution is 9.10. The van der Waals surface area contributed by atoms with Crippen LogP contribution >= 0.6 is 27.5 Å². The fraction of sp³-hybridized carbons (Fsp3) is 0.333. The number of rotatable bonds is 8. The monoisotopic (exact) mass is 533 g/mol. The summed E-state index contributed by atoms with van der Waals surface area (Å²) in [5.41, 5.74) is 0.840. The summed E-state index contributed by atoms with van der Waals surface area (Å²) in [5, 5.41) is 5.37. The maximum atomic E-state index is 13.3. The minimum atomic E-state index is -0.823. The van der Waals surface area contributed by atoms with Gasteiger partial charge >= 0.3 is 5.97 Å². The van der Waals surface area contributed by atoms with Crippen LogP contribution in [0.5, 0.6) is 5.75 Å². The van der Waals surface area contributed by atoms with Crippen LogP contribution in [-0.4, -0.2) is 34.6 Å². The molecule has 9 heteroatoms. The molecule has 0 bridgehead atoms. The zero-order valence-electron chi connectivity index (χ0n) is 18.8. The van der Waals surface area contributed by atoms with E-state index in [1.54, 1.807) is 44.2 Å². The third-order valence-corrected chi connectivity index (χ3v) is 5.82. The average molecular weight is 535 g/mol. The minimum Gasteiger partial charge on any atom is -0.478 e. The van der Waals surface area contributed by atoms with Gasteiger partial charge in [0, 0.05) is 21.0 Å². The zero-order valence-corrected chi connectivity index (χ0v) is 21.2. The molecule has 0 amide bonds. The molecule has 3 rings (SSSR count). The number of esters is 1. The molecule has 0 N–H and O–H groups in total. The van der Waals surface area contributed by atoms with Gasteiger partial charge in [0.15, 0.2) is 6.10 Å². The molecule has 1 heterocycles. The molecule has 0 aliphatic carbocycles. The lowest BCUT2D eigenvalue weighted by atomic mass is 10.1. The number of fused-ring (bicyclic) bond motifs is 1. The predicted octanol–water partition coefficient (Wildman–Crippen LogP) is 5.54. The van der Waals surface area contributed by atoms with Crippen LogP contribution in [0.4, 0.5) is 0 Å². The number of carbonyl (C=O) groups excluding carboxylic acids is 1. The molecule has 0 saturated carbocycles. The predicted molar refractivity (Wildman–Crippen MR) is 134 cm³/mol. The molecule has 174 valence electrons. The molecule has 1 aromatic heterocycles. The van der Waals surface area contributed by atoms with Gasteiger partial charge in [0.1, 0.15) is 11.6 Å². The fourth-order valence-electron chi connectivity index (χ4n) is 3.12. The number of benzene rings is 2. The van der Waals surface area contributed by atoms with Crippen LogP contribution in [-0.2, 0) is 9.53 Å². The first-order valence-corrected chi connectivity index (χ1v) is 11.8. The summed E-state index contributed by atoms with van der Waals surface area (Å²) in [6.07, 6.45) is 1.45. The lowest BCUT2D eigenvalue weighted by Gasteiger charge is -2.16. The van der Waals surface area contributed by atoms with E-state index in [4.69, 9.17) is 26.1 Å². The van der Waals surface area contributed by atoms with Gasteiger partial charge in [-0.15, -0.1) is 0 Å². The van der Waals surface area contributed by atoms with Crippen LogP contribution in [0, 0.1) is 0 Å². The Balaban J connectivity index is 2.08. The van der Waals surface area contributed by atoms with Crippen LogP contribution in [0.1, 0.15) is 51.4 Å². The minimum absolute atomic E-state index is 0.00168. The van der Waals surface area contributed by atoms with E-state index in [0.29, 0.717) is 33.1 Å². The second kappa shape index (κ2) is 10.9. The van der Waals surface area contributed by atoms with Crippen LogP contribution in [0.3, 0.4) is 0 Å². The van der Waals surface area contributed by atoms with Crippen LogP contribution in [0.15, 0.2) is 50.8 Å². The van der Waals surface area contributed by atoms with Gasteiger partial charge in [-0.25, -0.2) is 9.78 Å². The van der Waals surface area contributed by atoms with E-state index in [0.717, 1.165) is 10.9 Å². The summed E-state index contributed by atoms with van der Waals surface area (Å²) < 4.78 is 12.9. The first-order chi connectivity index (χ1) is 15.7. The maximum absolute atomic E-state index is 13.3. The Hall–Kier alpha value is -2.71. The van der Waals surface area contributed by atoms with Gasteiger partial charge in [0.05, 0.1) is 23.7 Å². The highest BCUT2D eigenvalue weighted by Gasteiger charge is 2.18. The molecule has 0 radical (unpaired) electrons. The van der Waals surface area contributed by atoms with E-state index in [-0.39, 0.29) is 18.1 Å². The van der Waals surface area contributed by atoms with Gasteiger partial charge in [-0.2, -0.15) is 9.78 Å². The third-order valence-electron chi connectivity index (χ3n) is 5.09. The first kappa shape index (κ1) is 24.9. The standard InChI is InChI=1S/C24H25BrClN3O4/c1-5-14(3)22-28-20-9-7-17(25)12-19(20)23(30)29(22)27-13-16-11-18(26)8-10-21(16)33-15(4)24(31)32-6-2/h7-15H,5-6H2,1-4H3/t14-,15-/m1/s1. The van der Waals surface area contributed by atoms with Crippen molar-refractivity contribution in [3.8, 4) is 5.75 Å². The molecule has 2 atom stereocenters. The Morgan fingerprint density at radius 1 is 1.24 bits per heavy atom. The summed E-state index contributed by atoms with van der Waals surface area (Å²) in [6, 6.07) is 10.3. The average Bonchev–Trinajstić information content (AvgIpc) is 2.79. The van der Waals surface area contributed by atoms with Gasteiger partial charge < -0.3 is 9.47 Å². The Bertz CT molecular complexity index is 1260. The van der Waals surface area contributed by atoms with Gasteiger partial charge in [-0.1, -0.05) is 41.4 Å². The van der Waals surface area contributed by atoms with E-state index < -0.39 is 12.1 Å². The number of hydrogen-bond donors (Lipinski definition) is 0. The highest BCUT2D eigenvalue weighted by Crippen LogP contribution is 2.24. The van der Waals surface area contributed by atoms with Crippen molar-refractivity contribution in [1.82, 2.24) is 9.66 Å². The van der Waals surface area contributed by atoms with Crippen molar-refractivity contribution in [2.75, 3.05) is 6.61 Å². The summed E-state index contributed by atoms with van der Waals surface area (Å²) in [6.45, 7) is 7.61. The lowest BCUT2D eigenvalue weighted by molar-refractivity contribution is -0.150. The van der Waals surface area contributed by atoms with Crippen molar-refractivity contribution in [2.24, 2.45) is 5.10 Å². The number of ether oxygens (including phenoxy) is 2. The molecule has 0 unspecified atom stereocenters. The van der Waals surface area contributed by atoms with Crippen LogP contribution < -0.4 is 10.3 Å². The van der Waals surface area contributed by atoms with E-state index in [9.17, 15) is 9.59 Å². The molecule has 33 heavy (non-hydrogen) atoms. The molecular formula is C24H25BrClN3O4. The van der Waals surface area contributed by atoms with Crippen molar-refractivity contribution >= 4 is 50.6 Å². The van der Waals surface area contributed by atoms with Gasteiger partial charge in [-0.05, 0) is 56.7 Å². The Morgan fingerprint density at radius 3 is 2.70 bits per heavy atom. The number of halogens is 2. The highest BCUT2D eigenvalue weighted by atomic mass is 79.9. The van der Waals surface area contributed by atoms with Crippen molar-refractivity contribution in [1.29, 1.82) is 0 Å². The topological polar surface area (TPSA) is 82.8 Å². The van der Waals surface area contributed by atoms with Crippen molar-refractivity contribution in [3.05, 3.63) is 67.6 Å². The summed E-state index contributed by atoms with van der Waals surface area (Å²) in [7, 11) is 0. The van der Waals surface area contributed by atoms with Gasteiger partial charge in [0.2, 0.25) is 0 Å². The fourth-order valence-corrected chi connectivity index (χ4v) is 3.67. The van der Waals surface area contributed by atoms with Gasteiger partial charge in [0.25, 0.3) is 5.56 Å². The van der Waals surface area contributed by atoms with Crippen LogP contribution in [0.25, 0.3) is 10.9 Å². The summed E-state index contributed by atoms with van der Waals surface area (Å²) in [5.74, 6) is 0.466. The second-order valence-electron chi connectivity index (χ2n) is 7.50. The van der Waals surface area contributed by atoms with E-state index in [1.165, 1.54) is 10.9 Å². The van der Waals surface area contributed by atoms with E-state index in [2.05, 4.69) is 21.0 Å². The Kier molecular flexibility index (Phi) is 8.26. The number of hydrogen-bond acceptors (Lipinski definition) is 6. The smallest absolute Gasteiger partial charge is 0.347 e. The molecule has 0 saturated heterocycles. The lowest BCUT2D eigenvalue weighted by Crippen LogP contribution is -2.26. The molecule has 2 aromatic carbocycles. The SMILES string of the molecule is CCOC(=O)[C@@H](C)Oc1ccc(Cl)cc1C=Nn1c([C@H](C)CC)nc2ccc(Br)cc2c1=O. The largest absolute Gasteiger partial charge is 0.478 e. The number of aromatic nitrogens is 2. The molecule has 0 spiro atoms. The molecular weight excluding hydrogens is 510 g/mol. The molecule has 7 nitrogen and oxygen atoms in total. The Morgan fingerprint density at radius 2 is 2.00 bits per heavy atom. The van der Waals surface area contributed by atoms with E-state index in [1.807, 2.05) is 19.9 Å². The normalized spacial score (nSPS) is 13.3. The third kappa shape index (κ3) is 5.81. The molecule has 3 aromatic rings. The van der Waals surface area contributed by atoms with Crippen LogP contribution in [0.2, 0.25) is 5.02 Å². The second-order valence-corrected chi connectivity index (χ2v) is 8.85. The quantitative estimate of drug-likeness (QED) is 0.280. The molecule has 0 aliphatic rings. The van der Waals surface area contributed by atoms with E-state index >= 15 is 0 Å². The number of carbonyl (C=O) groups is 1. The van der Waals surface area contributed by atoms with Gasteiger partial charge in [-0.3, -0.25) is 4.79 Å². The molecule has 0 fully saturated rings. The maximum Gasteiger partial charge on any atom is 0.347 e. The number of nitrogens with zero attached hydrogens (tertiary/aromatic N) is 3. The zero-order chi connectivity index (χ0) is 24.1. The van der Waals surface area contributed by atoms with Crippen molar-refractivity contribution in [3.63, 3.8) is 0 Å². The van der Waals surface area contributed by atoms with Crippen molar-refractivity contribution in [2.45, 2.75) is 46.1 Å².